The van der Waals surface area contributed by atoms with E-state index in [1.54, 1.807) is 16.5 Å². The van der Waals surface area contributed by atoms with Crippen LogP contribution >= 0.6 is 0 Å². The first-order valence-electron chi connectivity index (χ1n) is 8.51. The molecule has 3 heterocycles. The van der Waals surface area contributed by atoms with Crippen LogP contribution in [0.1, 0.15) is 29.0 Å². The Hall–Kier alpha value is -2.83. The largest absolute Gasteiger partial charge is 0.361 e. The van der Waals surface area contributed by atoms with Gasteiger partial charge in [0.15, 0.2) is 0 Å². The number of fused-ring (bicyclic) bond motifs is 2. The maximum Gasteiger partial charge on any atom is 0.345 e. The number of carbonyl (C=O) groups is 1. The maximum atomic E-state index is 12.9. The van der Waals surface area contributed by atoms with Crippen LogP contribution in [-0.2, 0) is 20.0 Å². The Morgan fingerprint density at radius 1 is 1.32 bits per heavy atom. The van der Waals surface area contributed by atoms with Crippen molar-refractivity contribution in [3.63, 3.8) is 0 Å². The summed E-state index contributed by atoms with van der Waals surface area (Å²) in [7, 11) is 3.52. The van der Waals surface area contributed by atoms with E-state index in [-0.39, 0.29) is 17.6 Å². The number of H-pyrrole nitrogens is 1. The number of hydrogen-bond donors (Lipinski definition) is 1. The average molecular weight is 339 g/mol. The summed E-state index contributed by atoms with van der Waals surface area (Å²) in [6.07, 6.45) is 4.14. The van der Waals surface area contributed by atoms with Crippen LogP contribution in [0.5, 0.6) is 0 Å². The standard InChI is InChI=1S/C18H21N5O2/c1-21(17(24)13-4-3-12-7-9-19-15(12)11-13)14-5-6-16-20-22(2)18(25)23(16)10-8-14/h3-4,7,9,11,14,19H,5-6,8,10H2,1-2H3. The van der Waals surface area contributed by atoms with Crippen LogP contribution in [0.4, 0.5) is 0 Å². The summed E-state index contributed by atoms with van der Waals surface area (Å²) in [5.41, 5.74) is 1.56. The Morgan fingerprint density at radius 2 is 2.16 bits per heavy atom. The third kappa shape index (κ3) is 2.65. The first-order chi connectivity index (χ1) is 12.0. The fourth-order valence-corrected chi connectivity index (χ4v) is 3.62. The van der Waals surface area contributed by atoms with Gasteiger partial charge in [0.2, 0.25) is 0 Å². The van der Waals surface area contributed by atoms with Gasteiger partial charge in [0, 0.05) is 50.4 Å². The number of nitrogens with one attached hydrogen (secondary N) is 1. The Morgan fingerprint density at radius 3 is 3.00 bits per heavy atom. The molecule has 0 saturated carbocycles. The second-order valence-corrected chi connectivity index (χ2v) is 6.65. The molecule has 7 nitrogen and oxygen atoms in total. The number of rotatable bonds is 2. The number of nitrogens with zero attached hydrogens (tertiary/aromatic N) is 4. The molecule has 1 aromatic carbocycles. The Kier molecular flexibility index (Phi) is 3.71. The summed E-state index contributed by atoms with van der Waals surface area (Å²) in [6, 6.07) is 7.80. The Balaban J connectivity index is 1.53. The molecule has 7 heteroatoms. The molecule has 1 amide bonds. The lowest BCUT2D eigenvalue weighted by atomic mass is 10.1. The minimum absolute atomic E-state index is 0.00828. The fraction of sp³-hybridized carbons (Fsp3) is 0.389. The van der Waals surface area contributed by atoms with E-state index < -0.39 is 0 Å². The molecule has 0 aliphatic carbocycles. The van der Waals surface area contributed by atoms with Gasteiger partial charge < -0.3 is 9.88 Å². The van der Waals surface area contributed by atoms with Crippen LogP contribution in [0, 0.1) is 0 Å². The summed E-state index contributed by atoms with van der Waals surface area (Å²) < 4.78 is 3.11. The van der Waals surface area contributed by atoms with Gasteiger partial charge in [0.05, 0.1) is 0 Å². The van der Waals surface area contributed by atoms with Crippen LogP contribution in [0.2, 0.25) is 0 Å². The number of amides is 1. The van der Waals surface area contributed by atoms with Crippen molar-refractivity contribution in [3.05, 3.63) is 52.3 Å². The number of aromatic amines is 1. The second kappa shape index (κ2) is 5.91. The van der Waals surface area contributed by atoms with Crippen molar-refractivity contribution in [3.8, 4) is 0 Å². The molecule has 0 saturated heterocycles. The van der Waals surface area contributed by atoms with Crippen LogP contribution in [0.15, 0.2) is 35.3 Å². The van der Waals surface area contributed by atoms with Crippen molar-refractivity contribution in [2.45, 2.75) is 31.8 Å². The van der Waals surface area contributed by atoms with Crippen LogP contribution in [-0.4, -0.2) is 43.2 Å². The second-order valence-electron chi connectivity index (χ2n) is 6.65. The molecule has 0 bridgehead atoms. The van der Waals surface area contributed by atoms with Crippen LogP contribution in [0.25, 0.3) is 10.9 Å². The number of hydrogen-bond acceptors (Lipinski definition) is 3. The lowest BCUT2D eigenvalue weighted by molar-refractivity contribution is 0.0716. The molecule has 3 aromatic rings. The Bertz CT molecular complexity index is 996. The van der Waals surface area contributed by atoms with Crippen molar-refractivity contribution in [1.29, 1.82) is 0 Å². The smallest absolute Gasteiger partial charge is 0.345 e. The van der Waals surface area contributed by atoms with E-state index in [9.17, 15) is 9.59 Å². The van der Waals surface area contributed by atoms with Gasteiger partial charge in [0.25, 0.3) is 5.91 Å². The number of benzene rings is 1. The minimum Gasteiger partial charge on any atom is -0.361 e. The highest BCUT2D eigenvalue weighted by molar-refractivity contribution is 5.97. The molecule has 1 unspecified atom stereocenters. The van der Waals surface area contributed by atoms with E-state index in [4.69, 9.17) is 0 Å². The summed E-state index contributed by atoms with van der Waals surface area (Å²) in [4.78, 5) is 29.9. The molecule has 1 aliphatic rings. The van der Waals surface area contributed by atoms with Crippen LogP contribution in [0.3, 0.4) is 0 Å². The molecule has 0 spiro atoms. The fourth-order valence-electron chi connectivity index (χ4n) is 3.62. The molecule has 1 atom stereocenters. The molecule has 25 heavy (non-hydrogen) atoms. The molecule has 2 aromatic heterocycles. The SMILES string of the molecule is CN(C(=O)c1ccc2cc[nH]c2c1)C1CCc2nn(C)c(=O)n2CC1. The summed E-state index contributed by atoms with van der Waals surface area (Å²) >= 11 is 0. The molecular formula is C18H21N5O2. The quantitative estimate of drug-likeness (QED) is 0.769. The summed E-state index contributed by atoms with van der Waals surface area (Å²) in [5.74, 6) is 0.817. The highest BCUT2D eigenvalue weighted by Gasteiger charge is 2.26. The van der Waals surface area contributed by atoms with E-state index in [0.717, 1.165) is 29.6 Å². The minimum atomic E-state index is -0.0816. The molecule has 0 fully saturated rings. The van der Waals surface area contributed by atoms with E-state index in [2.05, 4.69) is 10.1 Å². The van der Waals surface area contributed by atoms with Gasteiger partial charge >= 0.3 is 5.69 Å². The van der Waals surface area contributed by atoms with E-state index in [1.165, 1.54) is 4.68 Å². The van der Waals surface area contributed by atoms with Gasteiger partial charge in [0.1, 0.15) is 5.82 Å². The Labute approximate surface area is 144 Å². The maximum absolute atomic E-state index is 12.9. The average Bonchev–Trinajstić information content (AvgIpc) is 3.12. The monoisotopic (exact) mass is 339 g/mol. The first kappa shape index (κ1) is 15.7. The molecular weight excluding hydrogens is 318 g/mol. The lowest BCUT2D eigenvalue weighted by Crippen LogP contribution is -2.37. The predicted octanol–water partition coefficient (Wildman–Crippen LogP) is 1.54. The van der Waals surface area contributed by atoms with Crippen molar-refractivity contribution < 1.29 is 4.79 Å². The molecule has 4 rings (SSSR count). The van der Waals surface area contributed by atoms with Crippen molar-refractivity contribution in [2.24, 2.45) is 7.05 Å². The van der Waals surface area contributed by atoms with E-state index in [1.807, 2.05) is 37.5 Å². The van der Waals surface area contributed by atoms with Crippen molar-refractivity contribution in [1.82, 2.24) is 24.2 Å². The van der Waals surface area contributed by atoms with Crippen molar-refractivity contribution in [2.75, 3.05) is 7.05 Å². The normalized spacial score (nSPS) is 17.3. The topological polar surface area (TPSA) is 75.9 Å². The number of carbonyl (C=O) groups excluding carboxylic acids is 1. The van der Waals surface area contributed by atoms with Crippen molar-refractivity contribution >= 4 is 16.8 Å². The zero-order chi connectivity index (χ0) is 17.6. The van der Waals surface area contributed by atoms with E-state index >= 15 is 0 Å². The van der Waals surface area contributed by atoms with Gasteiger partial charge in [-0.05, 0) is 36.4 Å². The van der Waals surface area contributed by atoms with Gasteiger partial charge in [-0.25, -0.2) is 9.48 Å². The van der Waals surface area contributed by atoms with Gasteiger partial charge in [-0.3, -0.25) is 9.36 Å². The zero-order valence-electron chi connectivity index (χ0n) is 14.4. The zero-order valence-corrected chi connectivity index (χ0v) is 14.4. The number of aryl methyl sites for hydroxylation is 2. The number of aromatic nitrogens is 4. The first-order valence-corrected chi connectivity index (χ1v) is 8.51. The summed E-state index contributed by atoms with van der Waals surface area (Å²) in [5, 5.41) is 5.39. The molecule has 0 radical (unpaired) electrons. The summed E-state index contributed by atoms with van der Waals surface area (Å²) in [6.45, 7) is 0.597. The molecule has 1 aliphatic heterocycles. The molecule has 130 valence electrons. The van der Waals surface area contributed by atoms with Crippen LogP contribution < -0.4 is 5.69 Å². The van der Waals surface area contributed by atoms with E-state index in [0.29, 0.717) is 18.5 Å². The molecule has 1 N–H and O–H groups in total. The predicted molar refractivity (Wildman–Crippen MR) is 94.6 cm³/mol. The van der Waals surface area contributed by atoms with Gasteiger partial charge in [-0.15, -0.1) is 0 Å². The third-order valence-corrected chi connectivity index (χ3v) is 5.14. The van der Waals surface area contributed by atoms with Gasteiger partial charge in [-0.1, -0.05) is 6.07 Å². The lowest BCUT2D eigenvalue weighted by Gasteiger charge is -2.27. The highest BCUT2D eigenvalue weighted by atomic mass is 16.2. The third-order valence-electron chi connectivity index (χ3n) is 5.14. The highest BCUT2D eigenvalue weighted by Crippen LogP contribution is 2.20. The van der Waals surface area contributed by atoms with Gasteiger partial charge in [-0.2, -0.15) is 5.10 Å².